The van der Waals surface area contributed by atoms with E-state index in [0.29, 0.717) is 12.5 Å². The number of hydrogen-bond acceptors (Lipinski definition) is 3. The van der Waals surface area contributed by atoms with Crippen LogP contribution in [-0.2, 0) is 10.0 Å². The van der Waals surface area contributed by atoms with E-state index >= 15 is 0 Å². The lowest BCUT2D eigenvalue weighted by atomic mass is 10.2. The highest BCUT2D eigenvalue weighted by atomic mass is 35.5. The number of rotatable bonds is 6. The molecule has 0 spiro atoms. The van der Waals surface area contributed by atoms with Gasteiger partial charge in [-0.2, -0.15) is 0 Å². The monoisotopic (exact) mass is 362 g/mol. The normalized spacial score (nSPS) is 18.3. The topological polar surface area (TPSA) is 75.3 Å². The Morgan fingerprint density at radius 3 is 2.41 bits per heavy atom. The number of hydrogen-bond donors (Lipinski definition) is 2. The van der Waals surface area contributed by atoms with E-state index < -0.39 is 10.0 Å². The van der Waals surface area contributed by atoms with Crippen LogP contribution in [0.2, 0.25) is 10.0 Å². The van der Waals surface area contributed by atoms with Crippen molar-refractivity contribution in [3.05, 3.63) is 27.7 Å². The molecule has 5 nitrogen and oxygen atoms in total. The Bertz CT molecular complexity index is 713. The van der Waals surface area contributed by atoms with Crippen LogP contribution in [0.4, 0.5) is 0 Å². The molecule has 1 aromatic carbocycles. The van der Waals surface area contributed by atoms with Gasteiger partial charge in [-0.05, 0) is 43.7 Å². The third kappa shape index (κ3) is 3.74. The molecule has 120 valence electrons. The molecule has 0 aliphatic heterocycles. The molecular weight excluding hydrogens is 347 g/mol. The summed E-state index contributed by atoms with van der Waals surface area (Å²) in [4.78, 5) is 12.1. The predicted molar refractivity (Wildman–Crippen MR) is 84.9 cm³/mol. The number of halogens is 2. The summed E-state index contributed by atoms with van der Waals surface area (Å²) in [6.45, 7) is 0.584. The van der Waals surface area contributed by atoms with Gasteiger partial charge in [-0.3, -0.25) is 4.79 Å². The van der Waals surface area contributed by atoms with E-state index in [1.54, 1.807) is 0 Å². The van der Waals surface area contributed by atoms with Crippen LogP contribution in [0.1, 0.15) is 36.0 Å². The Morgan fingerprint density at radius 2 is 1.82 bits per heavy atom. The van der Waals surface area contributed by atoms with Gasteiger partial charge in [0.25, 0.3) is 5.91 Å². The second-order valence-corrected chi connectivity index (χ2v) is 8.31. The van der Waals surface area contributed by atoms with E-state index in [-0.39, 0.29) is 32.5 Å². The van der Waals surface area contributed by atoms with E-state index in [2.05, 4.69) is 10.0 Å². The fourth-order valence-corrected chi connectivity index (χ4v) is 4.21. The first-order chi connectivity index (χ1) is 10.4. The molecule has 1 amide bonds. The minimum absolute atomic E-state index is 0.0110. The molecule has 2 aliphatic rings. The Morgan fingerprint density at radius 1 is 1.14 bits per heavy atom. The Labute approximate surface area is 139 Å². The molecule has 2 N–H and O–H groups in total. The fraction of sp³-hybridized carbons (Fsp3) is 0.500. The second-order valence-electron chi connectivity index (χ2n) is 5.81. The maximum Gasteiger partial charge on any atom is 0.252 e. The molecule has 0 radical (unpaired) electrons. The maximum atomic E-state index is 12.3. The first-order valence-corrected chi connectivity index (χ1v) is 9.40. The van der Waals surface area contributed by atoms with E-state index in [9.17, 15) is 13.2 Å². The van der Waals surface area contributed by atoms with Crippen LogP contribution < -0.4 is 10.0 Å². The smallest absolute Gasteiger partial charge is 0.252 e. The van der Waals surface area contributed by atoms with Crippen molar-refractivity contribution < 1.29 is 13.2 Å². The predicted octanol–water partition coefficient (Wildman–Crippen LogP) is 2.57. The number of sulfonamides is 1. The number of carbonyl (C=O) groups is 1. The van der Waals surface area contributed by atoms with Crippen molar-refractivity contribution in [3.8, 4) is 0 Å². The minimum Gasteiger partial charge on any atom is -0.352 e. The van der Waals surface area contributed by atoms with Gasteiger partial charge in [0.15, 0.2) is 0 Å². The number of amides is 1. The van der Waals surface area contributed by atoms with Crippen LogP contribution in [0.15, 0.2) is 17.0 Å². The van der Waals surface area contributed by atoms with Crippen molar-refractivity contribution in [2.24, 2.45) is 5.92 Å². The Balaban J connectivity index is 1.86. The average molecular weight is 363 g/mol. The van der Waals surface area contributed by atoms with E-state index in [4.69, 9.17) is 23.2 Å². The molecule has 0 unspecified atom stereocenters. The zero-order valence-corrected chi connectivity index (χ0v) is 14.1. The number of nitrogens with one attached hydrogen (secondary N) is 2. The lowest BCUT2D eigenvalue weighted by Gasteiger charge is -2.11. The van der Waals surface area contributed by atoms with Crippen LogP contribution >= 0.6 is 23.2 Å². The second kappa shape index (κ2) is 6.00. The van der Waals surface area contributed by atoms with Crippen LogP contribution in [-0.4, -0.2) is 26.9 Å². The van der Waals surface area contributed by atoms with Gasteiger partial charge in [0.1, 0.15) is 4.90 Å². The average Bonchev–Trinajstić information content (AvgIpc) is 3.30. The van der Waals surface area contributed by atoms with Gasteiger partial charge >= 0.3 is 0 Å². The largest absolute Gasteiger partial charge is 0.352 e. The summed E-state index contributed by atoms with van der Waals surface area (Å²) in [6, 6.07) is 2.51. The maximum absolute atomic E-state index is 12.3. The third-order valence-corrected chi connectivity index (χ3v) is 6.00. The first kappa shape index (κ1) is 16.1. The summed E-state index contributed by atoms with van der Waals surface area (Å²) < 4.78 is 27.1. The molecule has 0 heterocycles. The molecular formula is C14H16Cl2N2O3S. The summed E-state index contributed by atoms with van der Waals surface area (Å²) >= 11 is 12.0. The summed E-state index contributed by atoms with van der Waals surface area (Å²) in [6.07, 6.45) is 3.86. The quantitative estimate of drug-likeness (QED) is 0.816. The standard InChI is InChI=1S/C14H16Cl2N2O3S/c15-11-6-12(16)13(22(20,21)18-9-3-4-9)5-10(11)14(19)17-7-8-1-2-8/h5-6,8-9,18H,1-4,7H2,(H,17,19). The van der Waals surface area contributed by atoms with E-state index in [0.717, 1.165) is 25.7 Å². The van der Waals surface area contributed by atoms with Gasteiger partial charge < -0.3 is 5.32 Å². The van der Waals surface area contributed by atoms with E-state index in [1.807, 2.05) is 0 Å². The molecule has 2 aliphatic carbocycles. The van der Waals surface area contributed by atoms with Crippen molar-refractivity contribution in [3.63, 3.8) is 0 Å². The molecule has 1 aromatic rings. The molecule has 3 rings (SSSR count). The van der Waals surface area contributed by atoms with Crippen molar-refractivity contribution in [2.45, 2.75) is 36.6 Å². The molecule has 0 aromatic heterocycles. The van der Waals surface area contributed by atoms with Crippen molar-refractivity contribution in [2.75, 3.05) is 6.54 Å². The van der Waals surface area contributed by atoms with Crippen molar-refractivity contribution >= 4 is 39.1 Å². The number of benzene rings is 1. The highest BCUT2D eigenvalue weighted by Gasteiger charge is 2.30. The van der Waals surface area contributed by atoms with Crippen molar-refractivity contribution in [1.29, 1.82) is 0 Å². The van der Waals surface area contributed by atoms with E-state index in [1.165, 1.54) is 12.1 Å². The van der Waals surface area contributed by atoms with Gasteiger partial charge in [-0.15, -0.1) is 0 Å². The van der Waals surface area contributed by atoms with Gasteiger partial charge in [0, 0.05) is 12.6 Å². The lowest BCUT2D eigenvalue weighted by molar-refractivity contribution is 0.0951. The molecule has 2 saturated carbocycles. The molecule has 8 heteroatoms. The van der Waals surface area contributed by atoms with Crippen LogP contribution in [0.3, 0.4) is 0 Å². The number of carbonyl (C=O) groups excluding carboxylic acids is 1. The van der Waals surface area contributed by atoms with Crippen LogP contribution in [0.25, 0.3) is 0 Å². The fourth-order valence-electron chi connectivity index (χ4n) is 2.05. The highest BCUT2D eigenvalue weighted by Crippen LogP contribution is 2.31. The lowest BCUT2D eigenvalue weighted by Crippen LogP contribution is -2.28. The molecule has 0 atom stereocenters. The Kier molecular flexibility index (Phi) is 4.38. The molecule has 22 heavy (non-hydrogen) atoms. The van der Waals surface area contributed by atoms with Crippen molar-refractivity contribution in [1.82, 2.24) is 10.0 Å². The highest BCUT2D eigenvalue weighted by molar-refractivity contribution is 7.89. The zero-order valence-electron chi connectivity index (χ0n) is 11.7. The Hall–Kier alpha value is -0.820. The molecule has 2 fully saturated rings. The third-order valence-electron chi connectivity index (χ3n) is 3.70. The molecule has 0 saturated heterocycles. The zero-order chi connectivity index (χ0) is 15.9. The summed E-state index contributed by atoms with van der Waals surface area (Å²) in [5.41, 5.74) is 0.128. The van der Waals surface area contributed by atoms with Crippen LogP contribution in [0.5, 0.6) is 0 Å². The van der Waals surface area contributed by atoms with Crippen LogP contribution in [0, 0.1) is 5.92 Å². The van der Waals surface area contributed by atoms with Gasteiger partial charge in [-0.25, -0.2) is 13.1 Å². The summed E-state index contributed by atoms with van der Waals surface area (Å²) in [7, 11) is -3.74. The van der Waals surface area contributed by atoms with Gasteiger partial charge in [0.2, 0.25) is 10.0 Å². The summed E-state index contributed by atoms with van der Waals surface area (Å²) in [5.74, 6) is 0.145. The SMILES string of the molecule is O=C(NCC1CC1)c1cc(S(=O)(=O)NC2CC2)c(Cl)cc1Cl. The molecule has 0 bridgehead atoms. The van der Waals surface area contributed by atoms with Gasteiger partial charge in [0.05, 0.1) is 15.6 Å². The first-order valence-electron chi connectivity index (χ1n) is 7.16. The summed E-state index contributed by atoms with van der Waals surface area (Å²) in [5, 5.41) is 2.92. The minimum atomic E-state index is -3.74. The van der Waals surface area contributed by atoms with Gasteiger partial charge in [-0.1, -0.05) is 23.2 Å².